The number of carboxylic acids is 1. The number of carbonyl (C=O) groups is 2. The molecule has 0 aromatic heterocycles. The van der Waals surface area contributed by atoms with Crippen molar-refractivity contribution in [2.45, 2.75) is 25.9 Å². The summed E-state index contributed by atoms with van der Waals surface area (Å²) in [5, 5.41) is 9.80. The van der Waals surface area contributed by atoms with Crippen LogP contribution < -0.4 is 4.74 Å². The van der Waals surface area contributed by atoms with Crippen LogP contribution in [-0.4, -0.2) is 41.1 Å². The average Bonchev–Trinajstić information content (AvgIpc) is 2.49. The summed E-state index contributed by atoms with van der Waals surface area (Å²) in [4.78, 5) is 24.9. The van der Waals surface area contributed by atoms with Gasteiger partial charge in [0.2, 0.25) is 0 Å². The molecule has 1 atom stereocenters. The number of likely N-dealkylation sites (tertiary alicyclic amines) is 1. The van der Waals surface area contributed by atoms with E-state index in [-0.39, 0.29) is 11.8 Å². The van der Waals surface area contributed by atoms with E-state index in [9.17, 15) is 9.59 Å². The third-order valence-corrected chi connectivity index (χ3v) is 4.23. The zero-order valence-electron chi connectivity index (χ0n) is 12.1. The van der Waals surface area contributed by atoms with Crippen LogP contribution >= 0.6 is 23.2 Å². The van der Waals surface area contributed by atoms with Gasteiger partial charge in [0.1, 0.15) is 5.75 Å². The molecule has 1 amide bonds. The van der Waals surface area contributed by atoms with Gasteiger partial charge in [0.25, 0.3) is 5.91 Å². The van der Waals surface area contributed by atoms with Crippen molar-refractivity contribution in [1.29, 1.82) is 0 Å². The Balaban J connectivity index is 1.94. The molecule has 1 N–H and O–H groups in total. The summed E-state index contributed by atoms with van der Waals surface area (Å²) in [6.45, 7) is 2.51. The van der Waals surface area contributed by atoms with Crippen LogP contribution in [0.25, 0.3) is 0 Å². The number of halogens is 2. The summed E-state index contributed by atoms with van der Waals surface area (Å²) in [6.07, 6.45) is 0.241. The molecule has 22 heavy (non-hydrogen) atoms. The predicted molar refractivity (Wildman–Crippen MR) is 83.5 cm³/mol. The minimum absolute atomic E-state index is 0.171. The van der Waals surface area contributed by atoms with Crippen molar-refractivity contribution < 1.29 is 19.4 Å². The molecule has 0 radical (unpaired) electrons. The van der Waals surface area contributed by atoms with Gasteiger partial charge in [0.05, 0.1) is 10.9 Å². The van der Waals surface area contributed by atoms with Crippen molar-refractivity contribution in [3.8, 4) is 5.75 Å². The summed E-state index contributed by atoms with van der Waals surface area (Å²) >= 11 is 11.8. The Hall–Kier alpha value is -1.46. The summed E-state index contributed by atoms with van der Waals surface area (Å²) in [6, 6.07) is 4.80. The number of amides is 1. The molecule has 1 fully saturated rings. The fourth-order valence-electron chi connectivity index (χ4n) is 2.42. The highest BCUT2D eigenvalue weighted by atomic mass is 35.5. The number of carbonyl (C=O) groups excluding carboxylic acids is 1. The molecule has 0 bridgehead atoms. The highest BCUT2D eigenvalue weighted by Crippen LogP contribution is 2.28. The van der Waals surface area contributed by atoms with Crippen LogP contribution in [0, 0.1) is 5.92 Å². The van der Waals surface area contributed by atoms with Gasteiger partial charge in [0.15, 0.2) is 6.10 Å². The van der Waals surface area contributed by atoms with Crippen LogP contribution in [-0.2, 0) is 9.59 Å². The Morgan fingerprint density at radius 2 is 1.95 bits per heavy atom. The summed E-state index contributed by atoms with van der Waals surface area (Å²) in [7, 11) is 0. The number of hydrogen-bond donors (Lipinski definition) is 1. The van der Waals surface area contributed by atoms with E-state index in [2.05, 4.69) is 0 Å². The summed E-state index contributed by atoms with van der Waals surface area (Å²) < 4.78 is 5.59. The molecule has 7 heteroatoms. The van der Waals surface area contributed by atoms with Crippen LogP contribution in [0.2, 0.25) is 10.0 Å². The Labute approximate surface area is 138 Å². The monoisotopic (exact) mass is 345 g/mol. The van der Waals surface area contributed by atoms with E-state index < -0.39 is 12.1 Å². The predicted octanol–water partition coefficient (Wildman–Crippen LogP) is 3.08. The maximum Gasteiger partial charge on any atom is 0.306 e. The molecule has 0 spiro atoms. The average molecular weight is 346 g/mol. The third-order valence-electron chi connectivity index (χ3n) is 3.70. The lowest BCUT2D eigenvalue weighted by Gasteiger charge is -2.32. The van der Waals surface area contributed by atoms with Gasteiger partial charge in [-0.3, -0.25) is 9.59 Å². The number of carboxylic acid groups (broad SMARTS) is 1. The molecule has 1 saturated heterocycles. The van der Waals surface area contributed by atoms with Gasteiger partial charge in [0, 0.05) is 18.1 Å². The largest absolute Gasteiger partial charge is 0.481 e. The molecule has 2 rings (SSSR count). The van der Waals surface area contributed by atoms with Crippen LogP contribution in [0.1, 0.15) is 19.8 Å². The number of aliphatic carboxylic acids is 1. The highest BCUT2D eigenvalue weighted by Gasteiger charge is 2.30. The van der Waals surface area contributed by atoms with Crippen molar-refractivity contribution in [3.05, 3.63) is 28.2 Å². The second-order valence-electron chi connectivity index (χ2n) is 5.27. The number of nitrogens with zero attached hydrogens (tertiary/aromatic N) is 1. The van der Waals surface area contributed by atoms with Gasteiger partial charge >= 0.3 is 5.97 Å². The van der Waals surface area contributed by atoms with Gasteiger partial charge in [-0.25, -0.2) is 0 Å². The van der Waals surface area contributed by atoms with Crippen molar-refractivity contribution in [1.82, 2.24) is 4.90 Å². The van der Waals surface area contributed by atoms with Gasteiger partial charge in [-0.05, 0) is 38.0 Å². The van der Waals surface area contributed by atoms with Crippen molar-refractivity contribution in [2.75, 3.05) is 13.1 Å². The van der Waals surface area contributed by atoms with Crippen LogP contribution in [0.15, 0.2) is 18.2 Å². The van der Waals surface area contributed by atoms with Crippen LogP contribution in [0.4, 0.5) is 0 Å². The Morgan fingerprint density at radius 1 is 1.32 bits per heavy atom. The maximum atomic E-state index is 12.3. The van der Waals surface area contributed by atoms with Crippen LogP contribution in [0.5, 0.6) is 5.75 Å². The standard InChI is InChI=1S/C15H17Cl2NO4/c1-9(22-13-3-2-11(16)8-12(13)17)14(19)18-6-4-10(5-7-18)15(20)21/h2-3,8-10H,4-7H2,1H3,(H,20,21)/t9-/m0/s1. The molecular weight excluding hydrogens is 329 g/mol. The van der Waals surface area contributed by atoms with E-state index in [4.69, 9.17) is 33.0 Å². The lowest BCUT2D eigenvalue weighted by molar-refractivity contribution is -0.147. The van der Waals surface area contributed by atoms with Gasteiger partial charge in [-0.15, -0.1) is 0 Å². The minimum Gasteiger partial charge on any atom is -0.481 e. The molecule has 1 aromatic rings. The molecule has 1 aliphatic heterocycles. The Morgan fingerprint density at radius 3 is 2.50 bits per heavy atom. The third kappa shape index (κ3) is 4.05. The number of piperidine rings is 1. The summed E-state index contributed by atoms with van der Waals surface area (Å²) in [5.41, 5.74) is 0. The van der Waals surface area contributed by atoms with E-state index >= 15 is 0 Å². The van der Waals surface area contributed by atoms with E-state index in [1.54, 1.807) is 30.0 Å². The molecule has 0 saturated carbocycles. The SMILES string of the molecule is C[C@H](Oc1ccc(Cl)cc1Cl)C(=O)N1CCC(C(=O)O)CC1. The molecule has 5 nitrogen and oxygen atoms in total. The van der Waals surface area contributed by atoms with Crippen molar-refractivity contribution in [2.24, 2.45) is 5.92 Å². The Kier molecular flexibility index (Phi) is 5.53. The van der Waals surface area contributed by atoms with Crippen molar-refractivity contribution in [3.63, 3.8) is 0 Å². The summed E-state index contributed by atoms with van der Waals surface area (Å²) in [5.74, 6) is -0.947. The van der Waals surface area contributed by atoms with E-state index in [1.165, 1.54) is 0 Å². The zero-order chi connectivity index (χ0) is 16.3. The zero-order valence-corrected chi connectivity index (χ0v) is 13.6. The maximum absolute atomic E-state index is 12.3. The first-order valence-electron chi connectivity index (χ1n) is 7.01. The second kappa shape index (κ2) is 7.20. The van der Waals surface area contributed by atoms with Crippen LogP contribution in [0.3, 0.4) is 0 Å². The minimum atomic E-state index is -0.802. The lowest BCUT2D eigenvalue weighted by Crippen LogP contribution is -2.45. The molecule has 1 aromatic carbocycles. The fourth-order valence-corrected chi connectivity index (χ4v) is 2.87. The number of rotatable bonds is 4. The second-order valence-corrected chi connectivity index (χ2v) is 6.12. The Bertz CT molecular complexity index is 571. The van der Waals surface area contributed by atoms with Crippen molar-refractivity contribution >= 4 is 35.1 Å². The topological polar surface area (TPSA) is 66.8 Å². The number of hydrogen-bond acceptors (Lipinski definition) is 3. The molecular formula is C15H17Cl2NO4. The number of benzene rings is 1. The quantitative estimate of drug-likeness (QED) is 0.910. The fraction of sp³-hybridized carbons (Fsp3) is 0.467. The number of ether oxygens (including phenoxy) is 1. The lowest BCUT2D eigenvalue weighted by atomic mass is 9.97. The first-order chi connectivity index (χ1) is 10.4. The van der Waals surface area contributed by atoms with E-state index in [0.29, 0.717) is 41.7 Å². The molecule has 0 unspecified atom stereocenters. The highest BCUT2D eigenvalue weighted by molar-refractivity contribution is 6.35. The molecule has 1 heterocycles. The first kappa shape index (κ1) is 16.9. The van der Waals surface area contributed by atoms with E-state index in [0.717, 1.165) is 0 Å². The normalized spacial score (nSPS) is 17.1. The first-order valence-corrected chi connectivity index (χ1v) is 7.77. The smallest absolute Gasteiger partial charge is 0.306 e. The van der Waals surface area contributed by atoms with Gasteiger partial charge in [-0.1, -0.05) is 23.2 Å². The molecule has 120 valence electrons. The van der Waals surface area contributed by atoms with Gasteiger partial charge in [-0.2, -0.15) is 0 Å². The van der Waals surface area contributed by atoms with E-state index in [1.807, 2.05) is 0 Å². The molecule has 1 aliphatic rings. The molecule has 0 aliphatic carbocycles. The van der Waals surface area contributed by atoms with Gasteiger partial charge < -0.3 is 14.7 Å².